The summed E-state index contributed by atoms with van der Waals surface area (Å²) in [5, 5.41) is 3.95. The van der Waals surface area contributed by atoms with Crippen LogP contribution in [0.3, 0.4) is 0 Å². The number of para-hydroxylation sites is 2. The molecule has 3 rings (SSSR count). The number of alkyl halides is 3. The number of hydrogen-bond donors (Lipinski definition) is 1. The van der Waals surface area contributed by atoms with Crippen molar-refractivity contribution in [3.63, 3.8) is 0 Å². The minimum atomic E-state index is -4.59. The van der Waals surface area contributed by atoms with Gasteiger partial charge in [0, 0.05) is 12.4 Å². The lowest BCUT2D eigenvalue weighted by atomic mass is 10.1. The fraction of sp³-hybridized carbons (Fsp3) is 0.227. The topological polar surface area (TPSA) is 62.3 Å². The molecule has 0 aliphatic heterocycles. The zero-order valence-electron chi connectivity index (χ0n) is 16.9. The van der Waals surface area contributed by atoms with Crippen LogP contribution >= 0.6 is 11.8 Å². The van der Waals surface area contributed by atoms with Gasteiger partial charge in [-0.2, -0.15) is 13.2 Å². The number of anilines is 1. The molecule has 0 aliphatic carbocycles. The van der Waals surface area contributed by atoms with Gasteiger partial charge >= 0.3 is 6.18 Å². The number of amides is 2. The second-order valence-corrected chi connectivity index (χ2v) is 7.92. The van der Waals surface area contributed by atoms with Crippen LogP contribution in [0.15, 0.2) is 59.6 Å². The molecule has 5 nitrogen and oxygen atoms in total. The van der Waals surface area contributed by atoms with Gasteiger partial charge in [-0.25, -0.2) is 4.98 Å². The molecule has 0 atom stereocenters. The third-order valence-electron chi connectivity index (χ3n) is 4.56. The van der Waals surface area contributed by atoms with Gasteiger partial charge in [-0.3, -0.25) is 9.59 Å². The molecule has 0 spiro atoms. The van der Waals surface area contributed by atoms with Crippen LogP contribution in [0.2, 0.25) is 0 Å². The molecule has 0 bridgehead atoms. The van der Waals surface area contributed by atoms with E-state index < -0.39 is 17.6 Å². The van der Waals surface area contributed by atoms with E-state index in [9.17, 15) is 22.8 Å². The molecule has 2 aromatic carbocycles. The predicted molar refractivity (Wildman–Crippen MR) is 115 cm³/mol. The van der Waals surface area contributed by atoms with Gasteiger partial charge in [0.05, 0.1) is 34.1 Å². The highest BCUT2D eigenvalue weighted by molar-refractivity contribution is 7.99. The number of carbonyl (C=O) groups is 2. The number of aromatic nitrogens is 1. The SMILES string of the molecule is Cc1cc(SCC(=O)N(C)CC(=O)Nc2ccccc2C(F)(F)F)nc2ccccc12. The Hall–Kier alpha value is -3.07. The van der Waals surface area contributed by atoms with Gasteiger partial charge < -0.3 is 10.2 Å². The lowest BCUT2D eigenvalue weighted by Crippen LogP contribution is -2.36. The van der Waals surface area contributed by atoms with Crippen molar-refractivity contribution >= 4 is 40.2 Å². The molecular formula is C22H20F3N3O2S. The van der Waals surface area contributed by atoms with Gasteiger partial charge in [0.15, 0.2) is 0 Å². The lowest BCUT2D eigenvalue weighted by molar-refractivity contribution is -0.137. The van der Waals surface area contributed by atoms with Gasteiger partial charge in [0.2, 0.25) is 11.8 Å². The van der Waals surface area contributed by atoms with Crippen molar-refractivity contribution < 1.29 is 22.8 Å². The zero-order valence-corrected chi connectivity index (χ0v) is 17.7. The summed E-state index contributed by atoms with van der Waals surface area (Å²) in [6.45, 7) is 1.60. The molecule has 1 N–H and O–H groups in total. The maximum Gasteiger partial charge on any atom is 0.418 e. The largest absolute Gasteiger partial charge is 0.418 e. The van der Waals surface area contributed by atoms with E-state index in [2.05, 4.69) is 10.3 Å². The third-order valence-corrected chi connectivity index (χ3v) is 5.45. The molecule has 1 heterocycles. The third kappa shape index (κ3) is 5.75. The molecule has 0 radical (unpaired) electrons. The van der Waals surface area contributed by atoms with Crippen LogP contribution in [0.5, 0.6) is 0 Å². The fourth-order valence-corrected chi connectivity index (χ4v) is 3.89. The molecular weight excluding hydrogens is 427 g/mol. The molecule has 0 saturated carbocycles. The first-order valence-electron chi connectivity index (χ1n) is 9.34. The Balaban J connectivity index is 1.58. The highest BCUT2D eigenvalue weighted by atomic mass is 32.2. The molecule has 162 valence electrons. The van der Waals surface area contributed by atoms with Crippen LogP contribution in [0.4, 0.5) is 18.9 Å². The van der Waals surface area contributed by atoms with Gasteiger partial charge in [-0.05, 0) is 36.8 Å². The number of hydrogen-bond acceptors (Lipinski definition) is 4. The lowest BCUT2D eigenvalue weighted by Gasteiger charge is -2.18. The fourth-order valence-electron chi connectivity index (χ4n) is 2.97. The van der Waals surface area contributed by atoms with E-state index in [1.807, 2.05) is 37.3 Å². The van der Waals surface area contributed by atoms with E-state index >= 15 is 0 Å². The highest BCUT2D eigenvalue weighted by Gasteiger charge is 2.33. The first kappa shape index (κ1) is 22.6. The van der Waals surface area contributed by atoms with Crippen LogP contribution in [0, 0.1) is 6.92 Å². The molecule has 0 saturated heterocycles. The second kappa shape index (κ2) is 9.38. The number of thioether (sulfide) groups is 1. The first-order valence-corrected chi connectivity index (χ1v) is 10.3. The molecule has 0 fully saturated rings. The van der Waals surface area contributed by atoms with E-state index in [1.54, 1.807) is 0 Å². The smallest absolute Gasteiger partial charge is 0.336 e. The van der Waals surface area contributed by atoms with Crippen molar-refractivity contribution in [3.8, 4) is 0 Å². The van der Waals surface area contributed by atoms with E-state index in [1.165, 1.54) is 41.9 Å². The normalized spacial score (nSPS) is 11.4. The average Bonchev–Trinajstić information content (AvgIpc) is 2.71. The Morgan fingerprint density at radius 3 is 2.52 bits per heavy atom. The molecule has 2 amide bonds. The van der Waals surface area contributed by atoms with Crippen molar-refractivity contribution in [1.82, 2.24) is 9.88 Å². The van der Waals surface area contributed by atoms with Crippen LogP contribution in [0.1, 0.15) is 11.1 Å². The van der Waals surface area contributed by atoms with Crippen molar-refractivity contribution in [1.29, 1.82) is 0 Å². The Morgan fingerprint density at radius 1 is 1.10 bits per heavy atom. The Bertz CT molecular complexity index is 1120. The molecule has 31 heavy (non-hydrogen) atoms. The number of nitrogens with zero attached hydrogens (tertiary/aromatic N) is 2. The van der Waals surface area contributed by atoms with Crippen molar-refractivity contribution in [2.75, 3.05) is 24.7 Å². The summed E-state index contributed by atoms with van der Waals surface area (Å²) in [6, 6.07) is 14.3. The van der Waals surface area contributed by atoms with Gasteiger partial charge in [0.25, 0.3) is 0 Å². The number of aryl methyl sites for hydroxylation is 1. The van der Waals surface area contributed by atoms with Crippen LogP contribution < -0.4 is 5.32 Å². The van der Waals surface area contributed by atoms with Gasteiger partial charge in [-0.1, -0.05) is 42.1 Å². The van der Waals surface area contributed by atoms with Crippen molar-refractivity contribution in [2.24, 2.45) is 0 Å². The monoisotopic (exact) mass is 447 g/mol. The second-order valence-electron chi connectivity index (χ2n) is 6.92. The highest BCUT2D eigenvalue weighted by Crippen LogP contribution is 2.34. The van der Waals surface area contributed by atoms with E-state index in [0.29, 0.717) is 5.03 Å². The molecule has 0 aliphatic rings. The number of rotatable bonds is 6. The number of carbonyl (C=O) groups excluding carboxylic acids is 2. The minimum Gasteiger partial charge on any atom is -0.336 e. The summed E-state index contributed by atoms with van der Waals surface area (Å²) in [4.78, 5) is 30.3. The zero-order chi connectivity index (χ0) is 22.6. The number of nitrogens with one attached hydrogen (secondary N) is 1. The summed E-state index contributed by atoms with van der Waals surface area (Å²) in [5.74, 6) is -0.998. The Morgan fingerprint density at radius 2 is 1.77 bits per heavy atom. The van der Waals surface area contributed by atoms with E-state index in [0.717, 1.165) is 22.5 Å². The number of likely N-dealkylation sites (N-methyl/N-ethyl adjacent to an activating group) is 1. The summed E-state index contributed by atoms with van der Waals surface area (Å²) in [6.07, 6.45) is -4.59. The average molecular weight is 447 g/mol. The summed E-state index contributed by atoms with van der Waals surface area (Å²) in [7, 11) is 1.43. The molecule has 1 aromatic heterocycles. The van der Waals surface area contributed by atoms with E-state index in [-0.39, 0.29) is 23.9 Å². The number of pyridine rings is 1. The van der Waals surface area contributed by atoms with Crippen LogP contribution in [0.25, 0.3) is 10.9 Å². The minimum absolute atomic E-state index is 0.0493. The standard InChI is InChI=1S/C22H20F3N3O2S/c1-14-11-20(27-17-9-5-3-7-15(14)17)31-13-21(30)28(2)12-19(29)26-18-10-6-4-8-16(18)22(23,24)25/h3-11H,12-13H2,1-2H3,(H,26,29). The number of benzene rings is 2. The number of halogens is 3. The van der Waals surface area contributed by atoms with Gasteiger partial charge in [-0.15, -0.1) is 0 Å². The summed E-state index contributed by atoms with van der Waals surface area (Å²) >= 11 is 1.24. The van der Waals surface area contributed by atoms with Gasteiger partial charge in [0.1, 0.15) is 0 Å². The maximum absolute atomic E-state index is 13.1. The molecule has 3 aromatic rings. The first-order chi connectivity index (χ1) is 14.6. The predicted octanol–water partition coefficient (Wildman–Crippen LogP) is 4.75. The van der Waals surface area contributed by atoms with E-state index in [4.69, 9.17) is 0 Å². The molecule has 9 heteroatoms. The summed E-state index contributed by atoms with van der Waals surface area (Å²) < 4.78 is 39.2. The maximum atomic E-state index is 13.1. The summed E-state index contributed by atoms with van der Waals surface area (Å²) in [5.41, 5.74) is 0.585. The van der Waals surface area contributed by atoms with Crippen LogP contribution in [-0.2, 0) is 15.8 Å². The Kier molecular flexibility index (Phi) is 6.84. The number of fused-ring (bicyclic) bond motifs is 1. The Labute approximate surface area is 181 Å². The molecule has 0 unspecified atom stereocenters. The van der Waals surface area contributed by atoms with Crippen molar-refractivity contribution in [3.05, 3.63) is 65.7 Å². The van der Waals surface area contributed by atoms with Crippen LogP contribution in [-0.4, -0.2) is 41.0 Å². The van der Waals surface area contributed by atoms with Crippen molar-refractivity contribution in [2.45, 2.75) is 18.1 Å². The quantitative estimate of drug-likeness (QED) is 0.554.